The standard InChI is InChI=1S/C13H22N2O2S/c1-6-13(5,7-2)15-12-14-10(9(4)18-12)11(16)17-8-3/h6-8H2,1-5H3,(H,14,15). The number of rotatable bonds is 6. The number of anilines is 1. The van der Waals surface area contributed by atoms with Gasteiger partial charge in [-0.05, 0) is 33.6 Å². The largest absolute Gasteiger partial charge is 0.461 e. The van der Waals surface area contributed by atoms with Crippen molar-refractivity contribution in [3.63, 3.8) is 0 Å². The first-order chi connectivity index (χ1) is 8.45. The highest BCUT2D eigenvalue weighted by Gasteiger charge is 2.23. The van der Waals surface area contributed by atoms with Gasteiger partial charge in [-0.25, -0.2) is 9.78 Å². The number of ether oxygens (including phenoxy) is 1. The lowest BCUT2D eigenvalue weighted by molar-refractivity contribution is 0.0519. The highest BCUT2D eigenvalue weighted by Crippen LogP contribution is 2.28. The van der Waals surface area contributed by atoms with Gasteiger partial charge in [0.1, 0.15) is 0 Å². The van der Waals surface area contributed by atoms with E-state index in [1.807, 2.05) is 6.92 Å². The van der Waals surface area contributed by atoms with Gasteiger partial charge in [0.15, 0.2) is 10.8 Å². The third kappa shape index (κ3) is 3.45. The molecule has 102 valence electrons. The molecule has 1 rings (SSSR count). The lowest BCUT2D eigenvalue weighted by Gasteiger charge is -2.27. The molecular weight excluding hydrogens is 248 g/mol. The summed E-state index contributed by atoms with van der Waals surface area (Å²) in [5.74, 6) is -0.339. The number of esters is 1. The predicted octanol–water partition coefficient (Wildman–Crippen LogP) is 3.62. The quantitative estimate of drug-likeness (QED) is 0.802. The van der Waals surface area contributed by atoms with Crippen LogP contribution >= 0.6 is 11.3 Å². The Bertz CT molecular complexity index is 411. The molecule has 0 radical (unpaired) electrons. The van der Waals surface area contributed by atoms with E-state index in [1.165, 1.54) is 11.3 Å². The average molecular weight is 270 g/mol. The van der Waals surface area contributed by atoms with Crippen molar-refractivity contribution in [3.8, 4) is 0 Å². The maximum Gasteiger partial charge on any atom is 0.358 e. The molecule has 0 spiro atoms. The highest BCUT2D eigenvalue weighted by molar-refractivity contribution is 7.15. The van der Waals surface area contributed by atoms with Crippen LogP contribution in [0.15, 0.2) is 0 Å². The summed E-state index contributed by atoms with van der Waals surface area (Å²) < 4.78 is 4.98. The first-order valence-corrected chi connectivity index (χ1v) is 7.20. The molecule has 0 saturated heterocycles. The van der Waals surface area contributed by atoms with E-state index < -0.39 is 0 Å². The number of nitrogens with one attached hydrogen (secondary N) is 1. The molecule has 5 heteroatoms. The van der Waals surface area contributed by atoms with Crippen LogP contribution in [0.3, 0.4) is 0 Å². The summed E-state index contributed by atoms with van der Waals surface area (Å²) in [5, 5.41) is 4.21. The molecule has 0 aliphatic carbocycles. The maximum absolute atomic E-state index is 11.7. The van der Waals surface area contributed by atoms with Gasteiger partial charge in [0, 0.05) is 10.4 Å². The van der Waals surface area contributed by atoms with Gasteiger partial charge in [-0.1, -0.05) is 13.8 Å². The summed E-state index contributed by atoms with van der Waals surface area (Å²) >= 11 is 1.50. The molecule has 0 atom stereocenters. The topological polar surface area (TPSA) is 51.2 Å². The monoisotopic (exact) mass is 270 g/mol. The second-order valence-electron chi connectivity index (χ2n) is 4.54. The molecule has 0 saturated carbocycles. The molecular formula is C13H22N2O2S. The molecule has 4 nitrogen and oxygen atoms in total. The molecule has 0 aliphatic rings. The van der Waals surface area contributed by atoms with Crippen LogP contribution in [0, 0.1) is 6.92 Å². The fraction of sp³-hybridized carbons (Fsp3) is 0.692. The second kappa shape index (κ2) is 6.18. The zero-order valence-electron chi connectivity index (χ0n) is 11.8. The van der Waals surface area contributed by atoms with E-state index in [-0.39, 0.29) is 11.5 Å². The minimum absolute atomic E-state index is 0.0240. The van der Waals surface area contributed by atoms with E-state index in [4.69, 9.17) is 4.74 Å². The molecule has 0 fully saturated rings. The van der Waals surface area contributed by atoms with Crippen LogP contribution < -0.4 is 5.32 Å². The lowest BCUT2D eigenvalue weighted by atomic mass is 9.96. The van der Waals surface area contributed by atoms with E-state index >= 15 is 0 Å². The zero-order chi connectivity index (χ0) is 13.8. The first-order valence-electron chi connectivity index (χ1n) is 6.38. The third-order valence-electron chi connectivity index (χ3n) is 3.23. The molecule has 1 heterocycles. The van der Waals surface area contributed by atoms with Crippen LogP contribution in [-0.4, -0.2) is 23.1 Å². The van der Waals surface area contributed by atoms with Crippen LogP contribution in [0.25, 0.3) is 0 Å². The van der Waals surface area contributed by atoms with Crippen LogP contribution in [0.2, 0.25) is 0 Å². The van der Waals surface area contributed by atoms with Crippen molar-refractivity contribution in [1.29, 1.82) is 0 Å². The minimum atomic E-state index is -0.339. The number of aryl methyl sites for hydroxylation is 1. The molecule has 0 aromatic carbocycles. The number of thiazole rings is 1. The number of carbonyl (C=O) groups is 1. The lowest BCUT2D eigenvalue weighted by Crippen LogP contribution is -2.32. The van der Waals surface area contributed by atoms with Gasteiger partial charge >= 0.3 is 5.97 Å². The number of hydrogen-bond donors (Lipinski definition) is 1. The van der Waals surface area contributed by atoms with Gasteiger partial charge < -0.3 is 10.1 Å². The molecule has 1 N–H and O–H groups in total. The molecule has 18 heavy (non-hydrogen) atoms. The number of carbonyl (C=O) groups excluding carboxylic acids is 1. The van der Waals surface area contributed by atoms with Crippen LogP contribution in [-0.2, 0) is 4.74 Å². The van der Waals surface area contributed by atoms with E-state index in [0.29, 0.717) is 12.3 Å². The Labute approximate surface area is 113 Å². The maximum atomic E-state index is 11.7. The van der Waals surface area contributed by atoms with Gasteiger partial charge in [-0.3, -0.25) is 0 Å². The van der Waals surface area contributed by atoms with Crippen molar-refractivity contribution < 1.29 is 9.53 Å². The Balaban J connectivity index is 2.87. The van der Waals surface area contributed by atoms with Crippen LogP contribution in [0.4, 0.5) is 5.13 Å². The molecule has 0 bridgehead atoms. The highest BCUT2D eigenvalue weighted by atomic mass is 32.1. The van der Waals surface area contributed by atoms with E-state index in [1.54, 1.807) is 6.92 Å². The van der Waals surface area contributed by atoms with E-state index in [0.717, 1.165) is 22.9 Å². The Morgan fingerprint density at radius 1 is 1.39 bits per heavy atom. The smallest absolute Gasteiger partial charge is 0.358 e. The minimum Gasteiger partial charge on any atom is -0.461 e. The van der Waals surface area contributed by atoms with Crippen molar-refractivity contribution in [2.24, 2.45) is 0 Å². The normalized spacial score (nSPS) is 11.4. The summed E-state index contributed by atoms with van der Waals surface area (Å²) in [7, 11) is 0. The molecule has 0 amide bonds. The van der Waals surface area contributed by atoms with Gasteiger partial charge in [-0.2, -0.15) is 0 Å². The zero-order valence-corrected chi connectivity index (χ0v) is 12.6. The Hall–Kier alpha value is -1.10. The van der Waals surface area contributed by atoms with Gasteiger partial charge in [0.25, 0.3) is 0 Å². The van der Waals surface area contributed by atoms with Crippen molar-refractivity contribution in [2.45, 2.75) is 53.0 Å². The summed E-state index contributed by atoms with van der Waals surface area (Å²) in [4.78, 5) is 16.9. The van der Waals surface area contributed by atoms with Gasteiger partial charge in [-0.15, -0.1) is 11.3 Å². The van der Waals surface area contributed by atoms with Crippen molar-refractivity contribution in [1.82, 2.24) is 4.98 Å². The Morgan fingerprint density at radius 3 is 2.50 bits per heavy atom. The first kappa shape index (κ1) is 15.0. The summed E-state index contributed by atoms with van der Waals surface area (Å²) in [6.45, 7) is 10.5. The number of hydrogen-bond acceptors (Lipinski definition) is 5. The van der Waals surface area contributed by atoms with Crippen LogP contribution in [0.1, 0.15) is 55.9 Å². The van der Waals surface area contributed by atoms with E-state index in [2.05, 4.69) is 31.1 Å². The fourth-order valence-corrected chi connectivity index (χ4v) is 2.47. The predicted molar refractivity (Wildman–Crippen MR) is 75.4 cm³/mol. The summed E-state index contributed by atoms with van der Waals surface area (Å²) in [6, 6.07) is 0. The van der Waals surface area contributed by atoms with Crippen molar-refractivity contribution in [2.75, 3.05) is 11.9 Å². The van der Waals surface area contributed by atoms with Gasteiger partial charge in [0.05, 0.1) is 6.61 Å². The molecule has 1 aromatic heterocycles. The number of nitrogens with zero attached hydrogens (tertiary/aromatic N) is 1. The summed E-state index contributed by atoms with van der Waals surface area (Å²) in [6.07, 6.45) is 2.02. The Kier molecular flexibility index (Phi) is 5.14. The second-order valence-corrected chi connectivity index (χ2v) is 5.74. The van der Waals surface area contributed by atoms with Crippen LogP contribution in [0.5, 0.6) is 0 Å². The fourth-order valence-electron chi connectivity index (χ4n) is 1.52. The molecule has 1 aromatic rings. The number of aromatic nitrogens is 1. The molecule has 0 unspecified atom stereocenters. The van der Waals surface area contributed by atoms with E-state index in [9.17, 15) is 4.79 Å². The Morgan fingerprint density at radius 2 is 2.00 bits per heavy atom. The van der Waals surface area contributed by atoms with Gasteiger partial charge in [0.2, 0.25) is 0 Å². The summed E-state index contributed by atoms with van der Waals surface area (Å²) in [5.41, 5.74) is 0.454. The third-order valence-corrected chi connectivity index (χ3v) is 4.12. The van der Waals surface area contributed by atoms with Crippen molar-refractivity contribution in [3.05, 3.63) is 10.6 Å². The van der Waals surface area contributed by atoms with Crippen molar-refractivity contribution >= 4 is 22.4 Å². The average Bonchev–Trinajstić information content (AvgIpc) is 2.70. The SMILES string of the molecule is CCOC(=O)c1nc(NC(C)(CC)CC)sc1C. The molecule has 0 aliphatic heterocycles.